The molecule has 1 N–H and O–H groups in total. The van der Waals surface area contributed by atoms with Crippen LogP contribution in [0.3, 0.4) is 0 Å². The third-order valence-corrected chi connectivity index (χ3v) is 14.6. The molecule has 68 heavy (non-hydrogen) atoms. The molecule has 0 heterocycles. The fourth-order valence-electron chi connectivity index (χ4n) is 5.71. The lowest BCUT2D eigenvalue weighted by Gasteiger charge is -2.44. The van der Waals surface area contributed by atoms with Gasteiger partial charge >= 0.3 is 23.4 Å². The summed E-state index contributed by atoms with van der Waals surface area (Å²) in [6, 6.07) is 10.5. The third kappa shape index (κ3) is 24.6. The Kier molecular flexibility index (Phi) is 30.3. The van der Waals surface area contributed by atoms with Gasteiger partial charge in [0.15, 0.2) is 10.0 Å². The summed E-state index contributed by atoms with van der Waals surface area (Å²) in [5.74, 6) is -5.30. The number of carboxylic acids is 1. The van der Waals surface area contributed by atoms with E-state index in [1.165, 1.54) is 20.8 Å². The molecular formula is C41H62F3N2O18S4-. The quantitative estimate of drug-likeness (QED) is 0.0545. The number of alkyl halides is 3. The van der Waals surface area contributed by atoms with Gasteiger partial charge in [-0.1, -0.05) is 42.5 Å². The number of thiocarbonyl (C=S) groups is 1. The Hall–Kier alpha value is -3.11. The number of ether oxygens (including phenoxy) is 10. The van der Waals surface area contributed by atoms with Crippen molar-refractivity contribution in [2.45, 2.75) is 45.5 Å². The second-order valence-electron chi connectivity index (χ2n) is 15.2. The lowest BCUT2D eigenvalue weighted by Crippen LogP contribution is -2.50. The Morgan fingerprint density at radius 3 is 1.54 bits per heavy atom. The summed E-state index contributed by atoms with van der Waals surface area (Å²) in [4.78, 5) is 39.7. The average molecular weight is 1060 g/mol. The summed E-state index contributed by atoms with van der Waals surface area (Å²) < 4.78 is 141. The van der Waals surface area contributed by atoms with E-state index in [0.717, 1.165) is 11.8 Å². The van der Waals surface area contributed by atoms with Crippen LogP contribution >= 0.6 is 24.0 Å². The number of sulfonamides is 2. The Labute approximate surface area is 405 Å². The van der Waals surface area contributed by atoms with E-state index >= 15 is 0 Å². The molecule has 1 aromatic carbocycles. The largest absolute Gasteiger partial charge is 0.481 e. The number of aliphatic carboxylic acids is 1. The van der Waals surface area contributed by atoms with E-state index in [1.807, 2.05) is 10.2 Å². The van der Waals surface area contributed by atoms with E-state index in [-0.39, 0.29) is 49.6 Å². The van der Waals surface area contributed by atoms with Crippen LogP contribution in [0.1, 0.15) is 45.6 Å². The van der Waals surface area contributed by atoms with E-state index < -0.39 is 91.3 Å². The van der Waals surface area contributed by atoms with E-state index in [0.29, 0.717) is 71.6 Å². The molecule has 0 spiro atoms. The number of hydrogen-bond acceptors (Lipinski definition) is 20. The highest BCUT2D eigenvalue weighted by Crippen LogP contribution is 2.51. The Bertz CT molecular complexity index is 1930. The molecular weight excluding hydrogens is 994 g/mol. The van der Waals surface area contributed by atoms with Crippen LogP contribution in [0.5, 0.6) is 0 Å². The Balaban J connectivity index is 2.82. The lowest BCUT2D eigenvalue weighted by molar-refractivity contribution is -0.170. The molecule has 390 valence electrons. The van der Waals surface area contributed by atoms with Gasteiger partial charge < -0.3 is 56.6 Å². The number of nitrogens with zero attached hydrogens (tertiary/aromatic N) is 2. The first kappa shape index (κ1) is 62.9. The number of rotatable bonds is 40. The van der Waals surface area contributed by atoms with Crippen molar-refractivity contribution in [3.05, 3.63) is 40.0 Å². The topological polar surface area (TPSA) is 270 Å². The molecule has 1 aromatic rings. The van der Waals surface area contributed by atoms with Gasteiger partial charge in [-0.15, -0.1) is 11.8 Å². The molecule has 1 rings (SSSR count). The number of halogens is 3. The van der Waals surface area contributed by atoms with Crippen molar-refractivity contribution in [3.8, 4) is 6.07 Å². The maximum Gasteiger partial charge on any atom is 0.480 e. The molecule has 27 heteroatoms. The van der Waals surface area contributed by atoms with Crippen LogP contribution in [-0.2, 0) is 81.8 Å². The van der Waals surface area contributed by atoms with E-state index in [4.69, 9.17) is 59.6 Å². The predicted molar refractivity (Wildman–Crippen MR) is 244 cm³/mol. The van der Waals surface area contributed by atoms with Crippen LogP contribution in [0.2, 0.25) is 0 Å². The molecule has 20 nitrogen and oxygen atoms in total. The zero-order chi connectivity index (χ0) is 51.2. The summed E-state index contributed by atoms with van der Waals surface area (Å²) in [6.45, 7) is 7.38. The first-order chi connectivity index (χ1) is 32.0. The van der Waals surface area contributed by atoms with E-state index in [1.54, 1.807) is 37.4 Å². The molecule has 0 amide bonds. The second kappa shape index (κ2) is 32.7. The summed E-state index contributed by atoms with van der Waals surface area (Å²) in [7, 11) is -10.2. The number of hydrogen-bond donors (Lipinski definition) is 1. The molecule has 0 aliphatic carbocycles. The van der Waals surface area contributed by atoms with Gasteiger partial charge in [0.1, 0.15) is 13.2 Å². The molecule has 0 aromatic heterocycles. The van der Waals surface area contributed by atoms with Crippen LogP contribution in [0, 0.1) is 27.6 Å². The smallest absolute Gasteiger partial charge is 0.480 e. The highest BCUT2D eigenvalue weighted by atomic mass is 32.3. The van der Waals surface area contributed by atoms with Crippen molar-refractivity contribution in [2.75, 3.05) is 131 Å². The van der Waals surface area contributed by atoms with Gasteiger partial charge in [0.05, 0.1) is 141 Å². The highest BCUT2D eigenvalue weighted by molar-refractivity contribution is 8.23. The minimum Gasteiger partial charge on any atom is -0.481 e. The highest BCUT2D eigenvalue weighted by Gasteiger charge is 2.57. The monoisotopic (exact) mass is 1060 g/mol. The normalized spacial score (nSPS) is 14.8. The van der Waals surface area contributed by atoms with Gasteiger partial charge in [-0.2, -0.15) is 18.4 Å². The van der Waals surface area contributed by atoms with Gasteiger partial charge in [-0.25, -0.2) is 16.8 Å². The van der Waals surface area contributed by atoms with Crippen LogP contribution in [0.25, 0.3) is 4.13 Å². The van der Waals surface area contributed by atoms with E-state index in [9.17, 15) is 54.8 Å². The van der Waals surface area contributed by atoms with Crippen molar-refractivity contribution >= 4 is 66.1 Å². The fraction of sp³-hybridized carbons (Fsp3) is 0.732. The number of benzene rings is 1. The number of carbonyl (C=O) groups excluding carboxylic acids is 2. The fourth-order valence-corrected chi connectivity index (χ4v) is 9.12. The van der Waals surface area contributed by atoms with Crippen molar-refractivity contribution < 1.29 is 96.9 Å². The summed E-state index contributed by atoms with van der Waals surface area (Å²) in [5, 5.41) is 20.0. The van der Waals surface area contributed by atoms with Crippen molar-refractivity contribution in [3.63, 3.8) is 0 Å². The third-order valence-electron chi connectivity index (χ3n) is 9.73. The number of nitriles is 1. The van der Waals surface area contributed by atoms with Gasteiger partial charge in [0.25, 0.3) is 0 Å². The zero-order valence-corrected chi connectivity index (χ0v) is 41.8. The average Bonchev–Trinajstić information content (AvgIpc) is 3.28. The molecule has 0 fully saturated rings. The zero-order valence-electron chi connectivity index (χ0n) is 38.5. The summed E-state index contributed by atoms with van der Waals surface area (Å²) in [6.07, 6.45) is -1.57. The molecule has 0 saturated carbocycles. The minimum absolute atomic E-state index is 0.0905. The van der Waals surface area contributed by atoms with E-state index in [2.05, 4.69) is 0 Å². The van der Waals surface area contributed by atoms with Gasteiger partial charge in [0, 0.05) is 19.3 Å². The molecule has 0 radical (unpaired) electrons. The van der Waals surface area contributed by atoms with Crippen molar-refractivity contribution in [1.82, 2.24) is 0 Å². The number of esters is 2. The number of thioether (sulfide) groups is 1. The summed E-state index contributed by atoms with van der Waals surface area (Å²) in [5.41, 5.74) is -11.2. The van der Waals surface area contributed by atoms with Gasteiger partial charge in [-0.3, -0.25) is 14.4 Å². The molecule has 3 atom stereocenters. The Morgan fingerprint density at radius 1 is 0.706 bits per heavy atom. The second-order valence-corrected chi connectivity index (χ2v) is 20.4. The lowest BCUT2D eigenvalue weighted by atomic mass is 9.58. The molecule has 0 bridgehead atoms. The number of methoxy groups -OCH3 is 1. The molecule has 0 aliphatic rings. The molecule has 3 unspecified atom stereocenters. The molecule has 0 saturated heterocycles. The first-order valence-electron chi connectivity index (χ1n) is 21.0. The number of carboxylic acid groups (broad SMARTS) is 1. The van der Waals surface area contributed by atoms with Crippen LogP contribution in [-0.4, -0.2) is 180 Å². The first-order valence-corrected chi connectivity index (χ1v) is 25.4. The number of carbonyl (C=O) groups is 3. The van der Waals surface area contributed by atoms with Crippen LogP contribution < -0.4 is 0 Å². The van der Waals surface area contributed by atoms with Gasteiger partial charge in [0.2, 0.25) is 0 Å². The molecule has 0 aliphatic heterocycles. The van der Waals surface area contributed by atoms with Gasteiger partial charge in [-0.05, 0) is 39.2 Å². The standard InChI is InChI=1S/C41H62F3N2O18S4/c1-38(32-66-35(65)33-8-6-5-7-9-33,36(49)64-28-29-67(51,52)46-68(53,54)41(42,43)44)30-40(3,39(2,31-45)11-10-34(47)48)37(50)63-27-26-62-25-24-61-23-22-60-21-20-59-19-18-58-17-16-57-15-14-56-13-12-55-4/h5-9H,10-30,32H2,1-4H3,(H,47,48)/q-1. The minimum atomic E-state index is -6.45. The predicted octanol–water partition coefficient (Wildman–Crippen LogP) is 4.29. The van der Waals surface area contributed by atoms with Crippen LogP contribution in [0.15, 0.2) is 30.3 Å². The summed E-state index contributed by atoms with van der Waals surface area (Å²) >= 11 is 6.49. The van der Waals surface area contributed by atoms with Crippen molar-refractivity contribution in [1.29, 1.82) is 5.26 Å². The van der Waals surface area contributed by atoms with Crippen LogP contribution in [0.4, 0.5) is 13.2 Å². The SMILES string of the molecule is COCCOCCOCCOCCOCCOCCOCCOCCOC(=O)C(C)(CC(C)(CSC(=S)c1ccccc1)C(=O)OCCS(=O)(=O)[N-]S(=O)(=O)C(F)(F)F)C(C)(C#N)CCC(=O)O. The Morgan fingerprint density at radius 2 is 1.13 bits per heavy atom. The maximum atomic E-state index is 14.1. The van der Waals surface area contributed by atoms with Crippen molar-refractivity contribution in [2.24, 2.45) is 16.2 Å². The maximum absolute atomic E-state index is 14.1.